The van der Waals surface area contributed by atoms with E-state index in [4.69, 9.17) is 4.74 Å². The summed E-state index contributed by atoms with van der Waals surface area (Å²) in [5.41, 5.74) is 0.908. The number of hydrogen-bond donors (Lipinski definition) is 1. The molecule has 0 spiro atoms. The van der Waals surface area contributed by atoms with Crippen LogP contribution >= 0.6 is 11.3 Å². The monoisotopic (exact) mass is 362 g/mol. The largest absolute Gasteiger partial charge is 0.482 e. The molecule has 3 rings (SSSR count). The van der Waals surface area contributed by atoms with Crippen LogP contribution in [0.3, 0.4) is 0 Å². The summed E-state index contributed by atoms with van der Waals surface area (Å²) in [7, 11) is 0. The first-order valence-electron chi connectivity index (χ1n) is 7.33. The Balaban J connectivity index is 1.73. The first kappa shape index (κ1) is 16.8. The molecule has 130 valence electrons. The molecule has 1 aliphatic heterocycles. The Kier molecular flexibility index (Phi) is 4.61. The number of benzene rings is 1. The molecule has 0 atom stereocenters. The van der Waals surface area contributed by atoms with Gasteiger partial charge in [0.05, 0.1) is 17.2 Å². The molecule has 2 aromatic rings. The van der Waals surface area contributed by atoms with Gasteiger partial charge in [0.15, 0.2) is 6.61 Å². The summed E-state index contributed by atoms with van der Waals surface area (Å²) in [6, 6.07) is 3.94. The van der Waals surface area contributed by atoms with E-state index in [2.05, 4.69) is 10.3 Å². The molecule has 0 fully saturated rings. The number of thiazole rings is 1. The van der Waals surface area contributed by atoms with Crippen LogP contribution < -0.4 is 15.0 Å². The Morgan fingerprint density at radius 2 is 2.32 bits per heavy atom. The van der Waals surface area contributed by atoms with Gasteiger partial charge in [0.2, 0.25) is 5.91 Å². The molecule has 25 heavy (non-hydrogen) atoms. The summed E-state index contributed by atoms with van der Waals surface area (Å²) < 4.78 is 5.26. The maximum Gasteiger partial charge on any atom is 0.271 e. The zero-order valence-electron chi connectivity index (χ0n) is 13.2. The number of aryl methyl sites for hydroxylation is 1. The van der Waals surface area contributed by atoms with Gasteiger partial charge in [0.1, 0.15) is 17.3 Å². The quantitative estimate of drug-likeness (QED) is 0.635. The highest BCUT2D eigenvalue weighted by molar-refractivity contribution is 7.09. The summed E-state index contributed by atoms with van der Waals surface area (Å²) in [4.78, 5) is 40.1. The molecule has 0 saturated heterocycles. The van der Waals surface area contributed by atoms with Gasteiger partial charge in [0, 0.05) is 23.2 Å². The normalized spacial score (nSPS) is 13.2. The number of fused-ring (bicyclic) bond motifs is 1. The number of hydrogen-bond acceptors (Lipinski definition) is 7. The van der Waals surface area contributed by atoms with Crippen molar-refractivity contribution >= 4 is 34.5 Å². The SMILES string of the molecule is Cc1csc(CNC(=O)CN2C(=O)COc3ccc([N+](=O)[O-])cc32)n1. The lowest BCUT2D eigenvalue weighted by atomic mass is 10.2. The minimum Gasteiger partial charge on any atom is -0.482 e. The lowest BCUT2D eigenvalue weighted by Gasteiger charge is -2.28. The molecule has 10 heteroatoms. The topological polar surface area (TPSA) is 115 Å². The highest BCUT2D eigenvalue weighted by Crippen LogP contribution is 2.35. The van der Waals surface area contributed by atoms with Crippen LogP contribution in [0, 0.1) is 17.0 Å². The molecule has 1 aromatic carbocycles. The first-order valence-corrected chi connectivity index (χ1v) is 8.21. The van der Waals surface area contributed by atoms with E-state index in [0.29, 0.717) is 5.75 Å². The van der Waals surface area contributed by atoms with Crippen molar-refractivity contribution in [3.63, 3.8) is 0 Å². The fourth-order valence-corrected chi connectivity index (χ4v) is 3.05. The third-order valence-corrected chi connectivity index (χ3v) is 4.47. The van der Waals surface area contributed by atoms with Crippen LogP contribution in [0.25, 0.3) is 0 Å². The number of anilines is 1. The fraction of sp³-hybridized carbons (Fsp3) is 0.267. The van der Waals surface area contributed by atoms with E-state index in [1.165, 1.54) is 34.4 Å². The van der Waals surface area contributed by atoms with Crippen molar-refractivity contribution in [3.8, 4) is 5.75 Å². The van der Waals surface area contributed by atoms with Crippen molar-refractivity contribution < 1.29 is 19.2 Å². The first-order chi connectivity index (χ1) is 11.9. The maximum absolute atomic E-state index is 12.2. The second-order valence-electron chi connectivity index (χ2n) is 5.34. The van der Waals surface area contributed by atoms with Crippen molar-refractivity contribution in [2.24, 2.45) is 0 Å². The molecule has 1 aromatic heterocycles. The van der Waals surface area contributed by atoms with Crippen molar-refractivity contribution in [1.82, 2.24) is 10.3 Å². The average molecular weight is 362 g/mol. The van der Waals surface area contributed by atoms with E-state index >= 15 is 0 Å². The minimum absolute atomic E-state index is 0.180. The maximum atomic E-state index is 12.2. The molecule has 1 aliphatic rings. The van der Waals surface area contributed by atoms with E-state index in [1.54, 1.807) is 0 Å². The summed E-state index contributed by atoms with van der Waals surface area (Å²) in [5, 5.41) is 16.3. The number of rotatable bonds is 5. The fourth-order valence-electron chi connectivity index (χ4n) is 2.34. The van der Waals surface area contributed by atoms with Crippen LogP contribution in [-0.4, -0.2) is 34.9 Å². The third kappa shape index (κ3) is 3.74. The predicted molar refractivity (Wildman–Crippen MR) is 89.6 cm³/mol. The van der Waals surface area contributed by atoms with Crippen LogP contribution in [0.15, 0.2) is 23.6 Å². The average Bonchev–Trinajstić information content (AvgIpc) is 3.00. The third-order valence-electron chi connectivity index (χ3n) is 3.50. The van der Waals surface area contributed by atoms with E-state index in [1.807, 2.05) is 12.3 Å². The molecule has 0 bridgehead atoms. The van der Waals surface area contributed by atoms with Gasteiger partial charge in [-0.3, -0.25) is 24.6 Å². The summed E-state index contributed by atoms with van der Waals surface area (Å²) in [5.74, 6) is -0.498. The standard InChI is InChI=1S/C15H14N4O5S/c1-9-8-25-14(17-9)5-16-13(20)6-18-11-4-10(19(22)23)2-3-12(11)24-7-15(18)21/h2-4,8H,5-7H2,1H3,(H,16,20). The Hall–Kier alpha value is -3.01. The summed E-state index contributed by atoms with van der Waals surface area (Å²) in [6.07, 6.45) is 0. The van der Waals surface area contributed by atoms with E-state index < -0.39 is 10.8 Å². The molecule has 1 N–H and O–H groups in total. The predicted octanol–water partition coefficient (Wildman–Crippen LogP) is 1.40. The van der Waals surface area contributed by atoms with Gasteiger partial charge in [-0.1, -0.05) is 0 Å². The molecular formula is C15H14N4O5S. The number of nitrogens with zero attached hydrogens (tertiary/aromatic N) is 3. The number of non-ortho nitro benzene ring substituents is 1. The molecule has 2 heterocycles. The van der Waals surface area contributed by atoms with Gasteiger partial charge >= 0.3 is 0 Å². The van der Waals surface area contributed by atoms with Gasteiger partial charge in [-0.2, -0.15) is 0 Å². The van der Waals surface area contributed by atoms with Gasteiger partial charge in [0.25, 0.3) is 11.6 Å². The Labute approximate surface area is 146 Å². The second-order valence-corrected chi connectivity index (χ2v) is 6.28. The number of ether oxygens (including phenoxy) is 1. The number of carbonyl (C=O) groups is 2. The molecule has 9 nitrogen and oxygen atoms in total. The number of nitro groups is 1. The van der Waals surface area contributed by atoms with Gasteiger partial charge in [-0.05, 0) is 13.0 Å². The van der Waals surface area contributed by atoms with Gasteiger partial charge < -0.3 is 10.1 Å². The lowest BCUT2D eigenvalue weighted by Crippen LogP contribution is -2.45. The molecule has 0 unspecified atom stereocenters. The number of amides is 2. The van der Waals surface area contributed by atoms with Crippen LogP contribution in [0.1, 0.15) is 10.7 Å². The zero-order chi connectivity index (χ0) is 18.0. The van der Waals surface area contributed by atoms with E-state index in [-0.39, 0.29) is 37.0 Å². The number of aromatic nitrogens is 1. The smallest absolute Gasteiger partial charge is 0.271 e. The van der Waals surface area contributed by atoms with Crippen molar-refractivity contribution in [1.29, 1.82) is 0 Å². The molecule has 0 saturated carbocycles. The number of carbonyl (C=O) groups excluding carboxylic acids is 2. The van der Waals surface area contributed by atoms with Crippen molar-refractivity contribution in [2.45, 2.75) is 13.5 Å². The lowest BCUT2D eigenvalue weighted by molar-refractivity contribution is -0.384. The van der Waals surface area contributed by atoms with Crippen LogP contribution in [0.4, 0.5) is 11.4 Å². The Bertz CT molecular complexity index is 850. The highest BCUT2D eigenvalue weighted by atomic mass is 32.1. The van der Waals surface area contributed by atoms with Crippen molar-refractivity contribution in [2.75, 3.05) is 18.1 Å². The molecular weight excluding hydrogens is 348 g/mol. The molecule has 0 radical (unpaired) electrons. The summed E-state index contributed by atoms with van der Waals surface area (Å²) in [6.45, 7) is 1.65. The zero-order valence-corrected chi connectivity index (χ0v) is 14.0. The molecule has 2 amide bonds. The van der Waals surface area contributed by atoms with Crippen molar-refractivity contribution in [3.05, 3.63) is 44.4 Å². The highest BCUT2D eigenvalue weighted by Gasteiger charge is 2.29. The van der Waals surface area contributed by atoms with Crippen LogP contribution in [-0.2, 0) is 16.1 Å². The summed E-state index contributed by atoms with van der Waals surface area (Å²) >= 11 is 1.43. The Morgan fingerprint density at radius 3 is 3.00 bits per heavy atom. The Morgan fingerprint density at radius 1 is 1.52 bits per heavy atom. The van der Waals surface area contributed by atoms with Gasteiger partial charge in [-0.25, -0.2) is 4.98 Å². The second kappa shape index (κ2) is 6.85. The number of nitro benzene ring substituents is 1. The number of nitrogens with one attached hydrogen (secondary N) is 1. The van der Waals surface area contributed by atoms with Gasteiger partial charge in [-0.15, -0.1) is 11.3 Å². The van der Waals surface area contributed by atoms with Crippen LogP contribution in [0.2, 0.25) is 0 Å². The van der Waals surface area contributed by atoms with Crippen LogP contribution in [0.5, 0.6) is 5.75 Å². The molecule has 0 aliphatic carbocycles. The minimum atomic E-state index is -0.567. The van der Waals surface area contributed by atoms with E-state index in [0.717, 1.165) is 10.7 Å². The van der Waals surface area contributed by atoms with E-state index in [9.17, 15) is 19.7 Å².